The van der Waals surface area contributed by atoms with E-state index in [0.29, 0.717) is 0 Å². The van der Waals surface area contributed by atoms with Crippen LogP contribution >= 0.6 is 27.5 Å². The lowest BCUT2D eigenvalue weighted by atomic mass is 10.0. The summed E-state index contributed by atoms with van der Waals surface area (Å²) in [6.07, 6.45) is 0. The smallest absolute Gasteiger partial charge is 0.0464 e. The molecule has 1 unspecified atom stereocenters. The molecule has 2 rings (SSSR count). The molecule has 0 aliphatic heterocycles. The van der Waals surface area contributed by atoms with E-state index in [2.05, 4.69) is 72.3 Å². The topological polar surface area (TPSA) is 12.0 Å². The monoisotopic (exact) mass is 351 g/mol. The number of benzene rings is 2. The molecule has 0 saturated carbocycles. The second kappa shape index (κ2) is 6.75. The Kier molecular flexibility index (Phi) is 5.25. The zero-order valence-corrected chi connectivity index (χ0v) is 14.3. The molecular weight excluding hydrogens is 334 g/mol. The molecule has 106 valence electrons. The van der Waals surface area contributed by atoms with Crippen LogP contribution in [-0.4, -0.2) is 0 Å². The molecule has 0 saturated heterocycles. The zero-order chi connectivity index (χ0) is 14.7. The van der Waals surface area contributed by atoms with E-state index in [1.54, 1.807) is 0 Å². The van der Waals surface area contributed by atoms with Crippen LogP contribution in [0.1, 0.15) is 42.6 Å². The number of aryl methyl sites for hydroxylation is 1. The van der Waals surface area contributed by atoms with E-state index in [1.807, 2.05) is 12.1 Å². The fourth-order valence-electron chi connectivity index (χ4n) is 2.35. The summed E-state index contributed by atoms with van der Waals surface area (Å²) in [5.41, 5.74) is 3.70. The average molecular weight is 353 g/mol. The minimum Gasteiger partial charge on any atom is -0.304 e. The van der Waals surface area contributed by atoms with Crippen molar-refractivity contribution in [1.82, 2.24) is 5.32 Å². The summed E-state index contributed by atoms with van der Waals surface area (Å²) in [6, 6.07) is 15.1. The molecule has 0 bridgehead atoms. The number of rotatable bonds is 4. The molecule has 0 fully saturated rings. The molecule has 0 aliphatic rings. The molecule has 2 aromatic carbocycles. The molecule has 0 amide bonds. The van der Waals surface area contributed by atoms with Gasteiger partial charge in [-0.15, -0.1) is 0 Å². The van der Waals surface area contributed by atoms with Crippen molar-refractivity contribution in [3.05, 3.63) is 68.7 Å². The van der Waals surface area contributed by atoms with E-state index in [1.165, 1.54) is 11.1 Å². The first-order valence-corrected chi connectivity index (χ1v) is 7.92. The van der Waals surface area contributed by atoms with Crippen LogP contribution in [0.5, 0.6) is 0 Å². The van der Waals surface area contributed by atoms with Crippen LogP contribution in [0.2, 0.25) is 5.02 Å². The van der Waals surface area contributed by atoms with Gasteiger partial charge in [0.1, 0.15) is 0 Å². The third kappa shape index (κ3) is 3.85. The van der Waals surface area contributed by atoms with Gasteiger partial charge in [-0.1, -0.05) is 63.4 Å². The molecular formula is C17H19BrClN. The Balaban J connectivity index is 2.12. The van der Waals surface area contributed by atoms with Crippen LogP contribution in [0, 0.1) is 6.92 Å². The number of nitrogens with one attached hydrogen (secondary N) is 1. The van der Waals surface area contributed by atoms with E-state index in [4.69, 9.17) is 11.6 Å². The lowest BCUT2D eigenvalue weighted by Crippen LogP contribution is -2.22. The second-order valence-electron chi connectivity index (χ2n) is 5.19. The standard InChI is InChI=1S/C17H19BrClN/c1-11-5-4-6-14(9-11)12(2)20-13(3)16-8-7-15(18)10-17(16)19/h4-10,12-13,20H,1-3H3/t12-,13?/m1/s1. The third-order valence-electron chi connectivity index (χ3n) is 3.47. The molecule has 0 spiro atoms. The second-order valence-corrected chi connectivity index (χ2v) is 6.51. The van der Waals surface area contributed by atoms with Gasteiger partial charge in [0.05, 0.1) is 0 Å². The Hall–Kier alpha value is -0.830. The predicted octanol–water partition coefficient (Wildman–Crippen LogP) is 5.82. The highest BCUT2D eigenvalue weighted by Crippen LogP contribution is 2.28. The van der Waals surface area contributed by atoms with Crippen LogP contribution in [0.25, 0.3) is 0 Å². The number of hydrogen-bond acceptors (Lipinski definition) is 1. The van der Waals surface area contributed by atoms with Gasteiger partial charge in [0.15, 0.2) is 0 Å². The van der Waals surface area contributed by atoms with Gasteiger partial charge in [0.2, 0.25) is 0 Å². The van der Waals surface area contributed by atoms with Crippen LogP contribution in [0.3, 0.4) is 0 Å². The van der Waals surface area contributed by atoms with Gasteiger partial charge in [-0.3, -0.25) is 0 Å². The van der Waals surface area contributed by atoms with Crippen molar-refractivity contribution in [3.63, 3.8) is 0 Å². The number of hydrogen-bond donors (Lipinski definition) is 1. The van der Waals surface area contributed by atoms with E-state index in [0.717, 1.165) is 15.1 Å². The summed E-state index contributed by atoms with van der Waals surface area (Å²) in [4.78, 5) is 0. The number of halogens is 2. The van der Waals surface area contributed by atoms with Gasteiger partial charge in [-0.2, -0.15) is 0 Å². The maximum atomic E-state index is 6.31. The fraction of sp³-hybridized carbons (Fsp3) is 0.294. The first kappa shape index (κ1) is 15.6. The van der Waals surface area contributed by atoms with Crippen molar-refractivity contribution in [2.75, 3.05) is 0 Å². The van der Waals surface area contributed by atoms with Gasteiger partial charge < -0.3 is 5.32 Å². The minimum atomic E-state index is 0.200. The summed E-state index contributed by atoms with van der Waals surface area (Å²) >= 11 is 9.75. The Labute approximate surface area is 134 Å². The molecule has 0 radical (unpaired) electrons. The van der Waals surface area contributed by atoms with Crippen molar-refractivity contribution in [1.29, 1.82) is 0 Å². The highest BCUT2D eigenvalue weighted by Gasteiger charge is 2.13. The first-order chi connectivity index (χ1) is 9.47. The van der Waals surface area contributed by atoms with Gasteiger partial charge in [0, 0.05) is 21.6 Å². The van der Waals surface area contributed by atoms with E-state index in [9.17, 15) is 0 Å². The molecule has 0 aliphatic carbocycles. The van der Waals surface area contributed by atoms with Gasteiger partial charge in [-0.05, 0) is 44.0 Å². The van der Waals surface area contributed by atoms with E-state index < -0.39 is 0 Å². The molecule has 1 N–H and O–H groups in total. The summed E-state index contributed by atoms with van der Waals surface area (Å²) in [7, 11) is 0. The molecule has 0 heterocycles. The lowest BCUT2D eigenvalue weighted by Gasteiger charge is -2.22. The summed E-state index contributed by atoms with van der Waals surface area (Å²) in [5, 5.41) is 4.39. The highest BCUT2D eigenvalue weighted by atomic mass is 79.9. The predicted molar refractivity (Wildman–Crippen MR) is 90.3 cm³/mol. The highest BCUT2D eigenvalue weighted by molar-refractivity contribution is 9.10. The molecule has 20 heavy (non-hydrogen) atoms. The molecule has 1 nitrogen and oxygen atoms in total. The largest absolute Gasteiger partial charge is 0.304 e. The van der Waals surface area contributed by atoms with Crippen molar-refractivity contribution in [2.45, 2.75) is 32.9 Å². The SMILES string of the molecule is Cc1cccc([C@@H](C)NC(C)c2ccc(Br)cc2Cl)c1. The van der Waals surface area contributed by atoms with Crippen molar-refractivity contribution < 1.29 is 0 Å². The van der Waals surface area contributed by atoms with Gasteiger partial charge in [0.25, 0.3) is 0 Å². The van der Waals surface area contributed by atoms with Crippen LogP contribution < -0.4 is 5.32 Å². The van der Waals surface area contributed by atoms with Crippen molar-refractivity contribution >= 4 is 27.5 Å². The first-order valence-electron chi connectivity index (χ1n) is 6.75. The van der Waals surface area contributed by atoms with E-state index >= 15 is 0 Å². The molecule has 2 atom stereocenters. The van der Waals surface area contributed by atoms with Crippen molar-refractivity contribution in [3.8, 4) is 0 Å². The Bertz CT molecular complexity index is 597. The normalized spacial score (nSPS) is 14.1. The Morgan fingerprint density at radius 3 is 2.45 bits per heavy atom. The molecule has 0 aromatic heterocycles. The van der Waals surface area contributed by atoms with Crippen LogP contribution in [-0.2, 0) is 0 Å². The maximum absolute atomic E-state index is 6.31. The lowest BCUT2D eigenvalue weighted by molar-refractivity contribution is 0.494. The van der Waals surface area contributed by atoms with Crippen molar-refractivity contribution in [2.24, 2.45) is 0 Å². The molecule has 2 aromatic rings. The maximum Gasteiger partial charge on any atom is 0.0464 e. The fourth-order valence-corrected chi connectivity index (χ4v) is 3.19. The summed E-state index contributed by atoms with van der Waals surface area (Å²) in [5.74, 6) is 0. The van der Waals surface area contributed by atoms with E-state index in [-0.39, 0.29) is 12.1 Å². The van der Waals surface area contributed by atoms with Gasteiger partial charge in [-0.25, -0.2) is 0 Å². The third-order valence-corrected chi connectivity index (χ3v) is 4.29. The minimum absolute atomic E-state index is 0.200. The Morgan fingerprint density at radius 1 is 1.05 bits per heavy atom. The van der Waals surface area contributed by atoms with Crippen LogP contribution in [0.4, 0.5) is 0 Å². The van der Waals surface area contributed by atoms with Crippen LogP contribution in [0.15, 0.2) is 46.9 Å². The molecule has 3 heteroatoms. The quantitative estimate of drug-likeness (QED) is 0.730. The van der Waals surface area contributed by atoms with Gasteiger partial charge >= 0.3 is 0 Å². The average Bonchev–Trinajstić information content (AvgIpc) is 2.38. The zero-order valence-electron chi connectivity index (χ0n) is 12.0. The summed E-state index contributed by atoms with van der Waals surface area (Å²) < 4.78 is 1.00. The summed E-state index contributed by atoms with van der Waals surface area (Å²) in [6.45, 7) is 6.44. The Morgan fingerprint density at radius 2 is 1.80 bits per heavy atom.